The van der Waals surface area contributed by atoms with Gasteiger partial charge in [0.1, 0.15) is 5.01 Å². The first-order valence-corrected chi connectivity index (χ1v) is 8.53. The van der Waals surface area contributed by atoms with E-state index in [2.05, 4.69) is 20.5 Å². The van der Waals surface area contributed by atoms with Gasteiger partial charge in [0.15, 0.2) is 0 Å². The van der Waals surface area contributed by atoms with Gasteiger partial charge < -0.3 is 0 Å². The van der Waals surface area contributed by atoms with Crippen molar-refractivity contribution >= 4 is 43.9 Å². The zero-order valence-corrected chi connectivity index (χ0v) is 13.4. The van der Waals surface area contributed by atoms with Crippen LogP contribution in [-0.4, -0.2) is 21.1 Å². The number of benzene rings is 2. The van der Waals surface area contributed by atoms with Crippen LogP contribution in [0.4, 0.5) is 5.13 Å². The largest absolute Gasteiger partial charge is 0.296 e. The highest BCUT2D eigenvalue weighted by Crippen LogP contribution is 2.26. The molecular weight excluding hydrogens is 328 g/mol. The summed E-state index contributed by atoms with van der Waals surface area (Å²) in [7, 11) is 0. The maximum Gasteiger partial charge on any atom is 0.257 e. The molecule has 7 heteroatoms. The van der Waals surface area contributed by atoms with E-state index in [1.807, 2.05) is 42.5 Å². The van der Waals surface area contributed by atoms with Gasteiger partial charge in [0.2, 0.25) is 5.13 Å². The highest BCUT2D eigenvalue weighted by molar-refractivity contribution is 7.18. The second-order valence-electron chi connectivity index (χ2n) is 4.77. The van der Waals surface area contributed by atoms with Crippen molar-refractivity contribution in [3.05, 3.63) is 59.6 Å². The van der Waals surface area contributed by atoms with Gasteiger partial charge in [0.25, 0.3) is 5.91 Å². The number of amides is 1. The smallest absolute Gasteiger partial charge is 0.257 e. The fraction of sp³-hybridized carbons (Fsp3) is 0. The van der Waals surface area contributed by atoms with Crippen LogP contribution in [-0.2, 0) is 0 Å². The monoisotopic (exact) mass is 338 g/mol. The third kappa shape index (κ3) is 2.84. The van der Waals surface area contributed by atoms with Gasteiger partial charge in [-0.3, -0.25) is 10.1 Å². The summed E-state index contributed by atoms with van der Waals surface area (Å²) >= 11 is 2.86. The number of fused-ring (bicyclic) bond motifs is 1. The van der Waals surface area contributed by atoms with E-state index in [-0.39, 0.29) is 5.91 Å². The first kappa shape index (κ1) is 14.0. The van der Waals surface area contributed by atoms with E-state index in [0.29, 0.717) is 10.7 Å². The Morgan fingerprint density at radius 3 is 2.78 bits per heavy atom. The highest BCUT2D eigenvalue weighted by atomic mass is 32.1. The summed E-state index contributed by atoms with van der Waals surface area (Å²) in [6.07, 6.45) is 0. The van der Waals surface area contributed by atoms with Crippen molar-refractivity contribution in [3.8, 4) is 10.6 Å². The zero-order valence-electron chi connectivity index (χ0n) is 11.8. The van der Waals surface area contributed by atoms with Crippen molar-refractivity contribution in [3.63, 3.8) is 0 Å². The second-order valence-corrected chi connectivity index (χ2v) is 6.63. The van der Waals surface area contributed by atoms with E-state index in [1.54, 1.807) is 11.6 Å². The van der Waals surface area contributed by atoms with Gasteiger partial charge in [0.05, 0.1) is 15.7 Å². The second kappa shape index (κ2) is 5.86. The molecule has 0 aliphatic heterocycles. The van der Waals surface area contributed by atoms with E-state index in [0.717, 1.165) is 20.8 Å². The Hall–Kier alpha value is -2.64. The molecule has 0 fully saturated rings. The van der Waals surface area contributed by atoms with Crippen molar-refractivity contribution in [1.29, 1.82) is 0 Å². The SMILES string of the molecule is O=C(Nc1nnc(-c2ccccc2)s1)c1ccc2ncsc2c1. The average Bonchev–Trinajstić information content (AvgIpc) is 3.24. The molecule has 0 atom stereocenters. The van der Waals surface area contributed by atoms with Crippen molar-refractivity contribution in [2.75, 3.05) is 5.32 Å². The number of anilines is 1. The molecule has 0 unspecified atom stereocenters. The molecule has 0 saturated carbocycles. The minimum absolute atomic E-state index is 0.198. The quantitative estimate of drug-likeness (QED) is 0.611. The van der Waals surface area contributed by atoms with Crippen LogP contribution in [0.15, 0.2) is 54.0 Å². The van der Waals surface area contributed by atoms with Crippen molar-refractivity contribution < 1.29 is 4.79 Å². The summed E-state index contributed by atoms with van der Waals surface area (Å²) < 4.78 is 0.986. The lowest BCUT2D eigenvalue weighted by molar-refractivity contribution is 0.102. The van der Waals surface area contributed by atoms with Gasteiger partial charge in [0, 0.05) is 11.1 Å². The molecule has 2 heterocycles. The molecule has 0 radical (unpaired) electrons. The molecule has 0 aliphatic carbocycles. The van der Waals surface area contributed by atoms with Crippen LogP contribution in [0.3, 0.4) is 0 Å². The van der Waals surface area contributed by atoms with E-state index in [1.165, 1.54) is 22.7 Å². The minimum Gasteiger partial charge on any atom is -0.296 e. The topological polar surface area (TPSA) is 67.8 Å². The van der Waals surface area contributed by atoms with Crippen LogP contribution in [0.2, 0.25) is 0 Å². The molecule has 4 rings (SSSR count). The summed E-state index contributed by atoms with van der Waals surface area (Å²) in [5, 5.41) is 12.2. The van der Waals surface area contributed by atoms with Gasteiger partial charge in [-0.1, -0.05) is 41.7 Å². The van der Waals surface area contributed by atoms with E-state index in [4.69, 9.17) is 0 Å². The van der Waals surface area contributed by atoms with Crippen LogP contribution in [0, 0.1) is 0 Å². The third-order valence-corrected chi connectivity index (χ3v) is 4.94. The summed E-state index contributed by atoms with van der Waals surface area (Å²) in [4.78, 5) is 16.5. The van der Waals surface area contributed by atoms with Gasteiger partial charge in [-0.15, -0.1) is 21.5 Å². The van der Waals surface area contributed by atoms with Gasteiger partial charge in [-0.25, -0.2) is 4.98 Å². The molecule has 2 aromatic heterocycles. The number of thiazole rings is 1. The Morgan fingerprint density at radius 2 is 1.91 bits per heavy atom. The highest BCUT2D eigenvalue weighted by Gasteiger charge is 2.12. The Kier molecular flexibility index (Phi) is 3.57. The molecule has 0 saturated heterocycles. The maximum absolute atomic E-state index is 12.3. The minimum atomic E-state index is -0.198. The maximum atomic E-state index is 12.3. The summed E-state index contributed by atoms with van der Waals surface area (Å²) in [5.74, 6) is -0.198. The fourth-order valence-corrected chi connectivity index (χ4v) is 3.60. The van der Waals surface area contributed by atoms with E-state index in [9.17, 15) is 4.79 Å². The number of hydrogen-bond donors (Lipinski definition) is 1. The van der Waals surface area contributed by atoms with Crippen LogP contribution >= 0.6 is 22.7 Å². The first-order valence-electron chi connectivity index (χ1n) is 6.83. The Morgan fingerprint density at radius 1 is 1.04 bits per heavy atom. The normalized spacial score (nSPS) is 10.8. The number of aromatic nitrogens is 3. The van der Waals surface area contributed by atoms with Crippen LogP contribution < -0.4 is 5.32 Å². The Labute approximate surface area is 139 Å². The Bertz CT molecular complexity index is 978. The summed E-state index contributed by atoms with van der Waals surface area (Å²) in [5.41, 5.74) is 4.23. The number of carbonyl (C=O) groups is 1. The van der Waals surface area contributed by atoms with Crippen LogP contribution in [0.25, 0.3) is 20.8 Å². The molecule has 0 aliphatic rings. The molecule has 2 aromatic carbocycles. The van der Waals surface area contributed by atoms with Gasteiger partial charge >= 0.3 is 0 Å². The lowest BCUT2D eigenvalue weighted by Crippen LogP contribution is -2.11. The number of hydrogen-bond acceptors (Lipinski definition) is 6. The predicted molar refractivity (Wildman–Crippen MR) is 92.9 cm³/mol. The molecule has 0 spiro atoms. The average molecular weight is 338 g/mol. The van der Waals surface area contributed by atoms with Gasteiger partial charge in [-0.05, 0) is 18.2 Å². The van der Waals surface area contributed by atoms with Crippen LogP contribution in [0.1, 0.15) is 10.4 Å². The molecule has 5 nitrogen and oxygen atoms in total. The molecule has 0 bridgehead atoms. The standard InChI is InChI=1S/C16H10N4OS2/c21-14(11-6-7-12-13(8-11)22-9-17-12)18-16-20-19-15(23-16)10-4-2-1-3-5-10/h1-9H,(H,18,20,21). The van der Waals surface area contributed by atoms with Crippen LogP contribution in [0.5, 0.6) is 0 Å². The number of rotatable bonds is 3. The first-order chi connectivity index (χ1) is 11.3. The third-order valence-electron chi connectivity index (χ3n) is 3.26. The van der Waals surface area contributed by atoms with E-state index < -0.39 is 0 Å². The number of nitrogens with zero attached hydrogens (tertiary/aromatic N) is 3. The summed E-state index contributed by atoms with van der Waals surface area (Å²) in [6, 6.07) is 15.2. The predicted octanol–water partition coefficient (Wildman–Crippen LogP) is 4.07. The number of nitrogens with one attached hydrogen (secondary N) is 1. The van der Waals surface area contributed by atoms with Crippen molar-refractivity contribution in [1.82, 2.24) is 15.2 Å². The molecule has 1 amide bonds. The van der Waals surface area contributed by atoms with Crippen molar-refractivity contribution in [2.24, 2.45) is 0 Å². The van der Waals surface area contributed by atoms with Crippen molar-refractivity contribution in [2.45, 2.75) is 0 Å². The molecule has 1 N–H and O–H groups in total. The van der Waals surface area contributed by atoms with Gasteiger partial charge in [-0.2, -0.15) is 0 Å². The number of carbonyl (C=O) groups excluding carboxylic acids is 1. The zero-order chi connectivity index (χ0) is 15.6. The van der Waals surface area contributed by atoms with E-state index >= 15 is 0 Å². The molecule has 112 valence electrons. The molecule has 23 heavy (non-hydrogen) atoms. The Balaban J connectivity index is 1.55. The summed E-state index contributed by atoms with van der Waals surface area (Å²) in [6.45, 7) is 0. The lowest BCUT2D eigenvalue weighted by atomic mass is 10.2. The molecular formula is C16H10N4OS2. The lowest BCUT2D eigenvalue weighted by Gasteiger charge is -2.00. The molecule has 4 aromatic rings. The fourth-order valence-electron chi connectivity index (χ4n) is 2.14.